The Labute approximate surface area is 107 Å². The van der Waals surface area contributed by atoms with E-state index < -0.39 is 9.84 Å². The molecule has 3 rings (SSSR count). The van der Waals surface area contributed by atoms with Gasteiger partial charge in [-0.2, -0.15) is 0 Å². The highest BCUT2D eigenvalue weighted by Crippen LogP contribution is 2.33. The molecule has 0 spiro atoms. The van der Waals surface area contributed by atoms with Gasteiger partial charge in [-0.05, 0) is 36.1 Å². The summed E-state index contributed by atoms with van der Waals surface area (Å²) in [5, 5.41) is 4.71. The zero-order valence-corrected chi connectivity index (χ0v) is 10.8. The van der Waals surface area contributed by atoms with Gasteiger partial charge >= 0.3 is 0 Å². The van der Waals surface area contributed by atoms with E-state index in [2.05, 4.69) is 5.32 Å². The van der Waals surface area contributed by atoms with Crippen LogP contribution in [-0.4, -0.2) is 20.2 Å². The summed E-state index contributed by atoms with van der Waals surface area (Å²) in [6.45, 7) is 0. The van der Waals surface area contributed by atoms with Gasteiger partial charge in [0.2, 0.25) is 0 Å². The smallest absolute Gasteiger partial charge is 0.173 e. The molecule has 2 atom stereocenters. The minimum absolute atomic E-state index is 0.0662. The third-order valence-electron chi connectivity index (χ3n) is 3.59. The van der Waals surface area contributed by atoms with E-state index in [9.17, 15) is 8.42 Å². The van der Waals surface area contributed by atoms with Gasteiger partial charge in [-0.3, -0.25) is 0 Å². The Balaban J connectivity index is 1.76. The Kier molecular flexibility index (Phi) is 2.68. The number of benzene rings is 1. The number of nitrogens with one attached hydrogen (secondary N) is 1. The van der Waals surface area contributed by atoms with Crippen molar-refractivity contribution >= 4 is 15.5 Å². The van der Waals surface area contributed by atoms with Gasteiger partial charge in [-0.15, -0.1) is 0 Å². The molecule has 0 radical (unpaired) electrons. The van der Waals surface area contributed by atoms with E-state index in [0.717, 1.165) is 18.5 Å². The van der Waals surface area contributed by atoms with Gasteiger partial charge in [0.25, 0.3) is 0 Å². The SMILES string of the molecule is Nc1ccc2c(c1)CCC2NC1C=CS(=O)(=O)C1. The Morgan fingerprint density at radius 3 is 2.89 bits per heavy atom. The van der Waals surface area contributed by atoms with Gasteiger partial charge in [0.1, 0.15) is 0 Å². The normalized spacial score (nSPS) is 28.4. The van der Waals surface area contributed by atoms with E-state index in [1.54, 1.807) is 6.08 Å². The number of hydrogen-bond acceptors (Lipinski definition) is 4. The summed E-state index contributed by atoms with van der Waals surface area (Å²) in [5.41, 5.74) is 9.08. The fourth-order valence-electron chi connectivity index (χ4n) is 2.75. The van der Waals surface area contributed by atoms with Crippen LogP contribution < -0.4 is 11.1 Å². The highest BCUT2D eigenvalue weighted by molar-refractivity contribution is 7.94. The van der Waals surface area contributed by atoms with Crippen molar-refractivity contribution in [3.8, 4) is 0 Å². The zero-order chi connectivity index (χ0) is 12.8. The maximum Gasteiger partial charge on any atom is 0.173 e. The van der Waals surface area contributed by atoms with Crippen LogP contribution >= 0.6 is 0 Å². The van der Waals surface area contributed by atoms with Crippen LogP contribution in [0.15, 0.2) is 29.7 Å². The molecule has 1 aliphatic carbocycles. The summed E-state index contributed by atoms with van der Waals surface area (Å²) in [6, 6.07) is 6.13. The predicted molar refractivity (Wildman–Crippen MR) is 71.8 cm³/mol. The second-order valence-corrected chi connectivity index (χ2v) is 6.91. The average Bonchev–Trinajstić information content (AvgIpc) is 2.83. The van der Waals surface area contributed by atoms with E-state index in [0.29, 0.717) is 0 Å². The topological polar surface area (TPSA) is 72.2 Å². The van der Waals surface area contributed by atoms with Crippen molar-refractivity contribution in [2.45, 2.75) is 24.9 Å². The second kappa shape index (κ2) is 4.10. The Bertz CT molecular complexity index is 607. The lowest BCUT2D eigenvalue weighted by Gasteiger charge is -2.18. The maximum absolute atomic E-state index is 11.4. The van der Waals surface area contributed by atoms with Crippen LogP contribution in [0.1, 0.15) is 23.6 Å². The molecule has 5 heteroatoms. The van der Waals surface area contributed by atoms with Crippen molar-refractivity contribution in [3.05, 3.63) is 40.8 Å². The Morgan fingerprint density at radius 2 is 2.17 bits per heavy atom. The number of hydrogen-bond donors (Lipinski definition) is 2. The minimum Gasteiger partial charge on any atom is -0.399 e. The fraction of sp³-hybridized carbons (Fsp3) is 0.385. The predicted octanol–water partition coefficient (Wildman–Crippen LogP) is 1.16. The van der Waals surface area contributed by atoms with Crippen LogP contribution in [0.2, 0.25) is 0 Å². The third-order valence-corrected chi connectivity index (χ3v) is 4.99. The lowest BCUT2D eigenvalue weighted by Crippen LogP contribution is -2.32. The van der Waals surface area contributed by atoms with Gasteiger partial charge in [0.15, 0.2) is 9.84 Å². The molecule has 1 aromatic carbocycles. The highest BCUT2D eigenvalue weighted by Gasteiger charge is 2.28. The largest absolute Gasteiger partial charge is 0.399 e. The van der Waals surface area contributed by atoms with Crippen LogP contribution in [0.4, 0.5) is 5.69 Å². The van der Waals surface area contributed by atoms with Gasteiger partial charge < -0.3 is 11.1 Å². The number of nitrogen functional groups attached to an aromatic ring is 1. The molecule has 2 aliphatic rings. The standard InChI is InChI=1S/C13H16N2O2S/c14-10-2-3-12-9(7-10)1-4-13(12)15-11-5-6-18(16,17)8-11/h2-3,5-7,11,13,15H,1,4,8,14H2. The lowest BCUT2D eigenvalue weighted by molar-refractivity contribution is 0.501. The summed E-state index contributed by atoms with van der Waals surface area (Å²) >= 11 is 0. The van der Waals surface area contributed by atoms with Crippen LogP contribution in [0.25, 0.3) is 0 Å². The van der Waals surface area contributed by atoms with Gasteiger partial charge in [-0.25, -0.2) is 8.42 Å². The van der Waals surface area contributed by atoms with Crippen molar-refractivity contribution in [1.82, 2.24) is 5.32 Å². The van der Waals surface area contributed by atoms with Crippen molar-refractivity contribution in [2.75, 3.05) is 11.5 Å². The van der Waals surface area contributed by atoms with Crippen molar-refractivity contribution in [3.63, 3.8) is 0 Å². The summed E-state index contributed by atoms with van der Waals surface area (Å²) in [7, 11) is -2.98. The van der Waals surface area contributed by atoms with Gasteiger partial charge in [0.05, 0.1) is 5.75 Å². The van der Waals surface area contributed by atoms with Crippen molar-refractivity contribution in [2.24, 2.45) is 0 Å². The highest BCUT2D eigenvalue weighted by atomic mass is 32.2. The maximum atomic E-state index is 11.4. The molecule has 4 nitrogen and oxygen atoms in total. The summed E-state index contributed by atoms with van der Waals surface area (Å²) in [6.07, 6.45) is 3.75. The van der Waals surface area contributed by atoms with Crippen LogP contribution in [-0.2, 0) is 16.3 Å². The zero-order valence-electron chi connectivity index (χ0n) is 9.96. The minimum atomic E-state index is -2.98. The molecule has 0 amide bonds. The van der Waals surface area contributed by atoms with Gasteiger partial charge in [0, 0.05) is 23.2 Å². The number of sulfone groups is 1. The lowest BCUT2D eigenvalue weighted by atomic mass is 10.1. The number of anilines is 1. The number of rotatable bonds is 2. The summed E-state index contributed by atoms with van der Waals surface area (Å²) in [5.74, 6) is 0.174. The monoisotopic (exact) mass is 264 g/mol. The average molecular weight is 264 g/mol. The molecule has 3 N–H and O–H groups in total. The Morgan fingerprint density at radius 1 is 1.33 bits per heavy atom. The molecule has 96 valence electrons. The molecule has 2 unspecified atom stereocenters. The first-order valence-corrected chi connectivity index (χ1v) is 7.80. The van der Waals surface area contributed by atoms with Crippen LogP contribution in [0.3, 0.4) is 0 Å². The quantitative estimate of drug-likeness (QED) is 0.786. The molecule has 0 fully saturated rings. The summed E-state index contributed by atoms with van der Waals surface area (Å²) < 4.78 is 22.7. The third kappa shape index (κ3) is 2.15. The molecular weight excluding hydrogens is 248 g/mol. The molecular formula is C13H16N2O2S. The second-order valence-electron chi connectivity index (χ2n) is 4.98. The molecule has 0 aromatic heterocycles. The Hall–Kier alpha value is -1.33. The first kappa shape index (κ1) is 11.7. The van der Waals surface area contributed by atoms with Crippen molar-refractivity contribution in [1.29, 1.82) is 0 Å². The van der Waals surface area contributed by atoms with E-state index in [1.807, 2.05) is 18.2 Å². The number of fused-ring (bicyclic) bond motifs is 1. The summed E-state index contributed by atoms with van der Waals surface area (Å²) in [4.78, 5) is 0. The van der Waals surface area contributed by atoms with Gasteiger partial charge in [-0.1, -0.05) is 12.1 Å². The van der Waals surface area contributed by atoms with Crippen molar-refractivity contribution < 1.29 is 8.42 Å². The molecule has 0 saturated carbocycles. The first-order valence-electron chi connectivity index (χ1n) is 6.09. The number of aryl methyl sites for hydroxylation is 1. The van der Waals surface area contributed by atoms with Crippen LogP contribution in [0, 0.1) is 0 Å². The molecule has 0 bridgehead atoms. The molecule has 1 heterocycles. The van der Waals surface area contributed by atoms with E-state index in [-0.39, 0.29) is 17.8 Å². The first-order chi connectivity index (χ1) is 8.53. The fourth-order valence-corrected chi connectivity index (χ4v) is 4.00. The number of nitrogens with two attached hydrogens (primary N) is 1. The van der Waals surface area contributed by atoms with E-state index in [1.165, 1.54) is 16.5 Å². The van der Waals surface area contributed by atoms with Crippen LogP contribution in [0.5, 0.6) is 0 Å². The molecule has 1 aliphatic heterocycles. The molecule has 18 heavy (non-hydrogen) atoms. The van der Waals surface area contributed by atoms with E-state index in [4.69, 9.17) is 5.73 Å². The molecule has 1 aromatic rings. The van der Waals surface area contributed by atoms with E-state index >= 15 is 0 Å². The molecule has 0 saturated heterocycles.